The van der Waals surface area contributed by atoms with Crippen LogP contribution >= 0.6 is 11.3 Å². The van der Waals surface area contributed by atoms with Gasteiger partial charge in [-0.05, 0) is 36.4 Å². The van der Waals surface area contributed by atoms with E-state index in [4.69, 9.17) is 0 Å². The molecule has 1 amide bonds. The molecule has 1 aliphatic rings. The maximum absolute atomic E-state index is 12.6. The van der Waals surface area contributed by atoms with Crippen LogP contribution in [0.5, 0.6) is 0 Å². The van der Waals surface area contributed by atoms with Crippen molar-refractivity contribution in [1.82, 2.24) is 14.6 Å². The molecule has 0 spiro atoms. The van der Waals surface area contributed by atoms with E-state index < -0.39 is 22.0 Å². The Balaban J connectivity index is 1.81. The summed E-state index contributed by atoms with van der Waals surface area (Å²) >= 11 is 1.14. The van der Waals surface area contributed by atoms with Crippen LogP contribution < -0.4 is 5.32 Å². The quantitative estimate of drug-likeness (QED) is 0.896. The predicted molar refractivity (Wildman–Crippen MR) is 78.9 cm³/mol. The van der Waals surface area contributed by atoms with Crippen molar-refractivity contribution >= 4 is 33.1 Å². The van der Waals surface area contributed by atoms with Crippen LogP contribution in [0.1, 0.15) is 18.5 Å². The van der Waals surface area contributed by atoms with Crippen molar-refractivity contribution in [2.24, 2.45) is 0 Å². The van der Waals surface area contributed by atoms with Gasteiger partial charge < -0.3 is 5.32 Å². The normalized spacial score (nSPS) is 19.4. The van der Waals surface area contributed by atoms with E-state index in [1.165, 1.54) is 4.31 Å². The summed E-state index contributed by atoms with van der Waals surface area (Å²) in [6.45, 7) is 1.97. The number of thiophene rings is 1. The highest BCUT2D eigenvalue weighted by atomic mass is 32.2. The minimum Gasteiger partial charge on any atom is -0.305 e. The molecular weight excluding hydrogens is 328 g/mol. The molecule has 1 fully saturated rings. The van der Waals surface area contributed by atoms with E-state index >= 15 is 0 Å². The van der Waals surface area contributed by atoms with Gasteiger partial charge in [-0.25, -0.2) is 13.0 Å². The van der Waals surface area contributed by atoms with E-state index in [0.29, 0.717) is 25.1 Å². The lowest BCUT2D eigenvalue weighted by atomic mass is 10.2. The van der Waals surface area contributed by atoms with E-state index in [1.54, 1.807) is 24.4 Å². The zero-order valence-corrected chi connectivity index (χ0v) is 13.4. The van der Waals surface area contributed by atoms with Crippen LogP contribution in [0.4, 0.5) is 5.82 Å². The van der Waals surface area contributed by atoms with Gasteiger partial charge in [0.2, 0.25) is 5.91 Å². The Morgan fingerprint density at radius 2 is 2.32 bits per heavy atom. The number of carbonyl (C=O) groups excluding carboxylic acids is 1. The number of anilines is 1. The highest BCUT2D eigenvalue weighted by molar-refractivity contribution is 7.91. The molecule has 0 saturated carbocycles. The number of amides is 1. The summed E-state index contributed by atoms with van der Waals surface area (Å²) in [5.74, 6) is -0.207. The van der Waals surface area contributed by atoms with Crippen molar-refractivity contribution in [3.05, 3.63) is 23.2 Å². The molecule has 1 saturated heterocycles. The van der Waals surface area contributed by atoms with Crippen molar-refractivity contribution in [2.75, 3.05) is 11.9 Å². The number of nitrogens with one attached hydrogen (secondary N) is 1. The maximum atomic E-state index is 12.6. The lowest BCUT2D eigenvalue weighted by Gasteiger charge is -2.22. The van der Waals surface area contributed by atoms with Crippen LogP contribution in [0.15, 0.2) is 26.4 Å². The van der Waals surface area contributed by atoms with Crippen molar-refractivity contribution < 1.29 is 17.8 Å². The highest BCUT2D eigenvalue weighted by Gasteiger charge is 2.40. The number of aryl methyl sites for hydroxylation is 1. The Morgan fingerprint density at radius 3 is 2.95 bits per heavy atom. The Morgan fingerprint density at radius 1 is 1.50 bits per heavy atom. The number of aromatic nitrogens is 2. The SMILES string of the molecule is Cc1nonc1NC(=O)[C@@H]1CCCN1S(=O)(=O)c1cccs1. The first-order chi connectivity index (χ1) is 10.5. The minimum atomic E-state index is -3.65. The van der Waals surface area contributed by atoms with Crippen molar-refractivity contribution in [3.63, 3.8) is 0 Å². The lowest BCUT2D eigenvalue weighted by Crippen LogP contribution is -2.43. The fraction of sp³-hybridized carbons (Fsp3) is 0.417. The molecule has 3 rings (SSSR count). The first kappa shape index (κ1) is 15.1. The number of carbonyl (C=O) groups is 1. The van der Waals surface area contributed by atoms with Crippen LogP contribution in [-0.2, 0) is 14.8 Å². The highest BCUT2D eigenvalue weighted by Crippen LogP contribution is 2.29. The summed E-state index contributed by atoms with van der Waals surface area (Å²) in [7, 11) is -3.65. The molecular formula is C12H14N4O4S2. The smallest absolute Gasteiger partial charge is 0.253 e. The van der Waals surface area contributed by atoms with Crippen LogP contribution in [-0.4, -0.2) is 41.5 Å². The number of rotatable bonds is 4. The predicted octanol–water partition coefficient (Wildman–Crippen LogP) is 1.23. The van der Waals surface area contributed by atoms with Crippen LogP contribution in [0.25, 0.3) is 0 Å². The summed E-state index contributed by atoms with van der Waals surface area (Å²) in [6.07, 6.45) is 1.11. The number of hydrogen-bond donors (Lipinski definition) is 1. The Kier molecular flexibility index (Phi) is 3.98. The number of hydrogen-bond acceptors (Lipinski definition) is 7. The first-order valence-electron chi connectivity index (χ1n) is 6.65. The average molecular weight is 342 g/mol. The van der Waals surface area contributed by atoms with Gasteiger partial charge in [0.1, 0.15) is 15.9 Å². The first-order valence-corrected chi connectivity index (χ1v) is 8.97. The van der Waals surface area contributed by atoms with Gasteiger partial charge in [-0.1, -0.05) is 11.2 Å². The van der Waals surface area contributed by atoms with Gasteiger partial charge in [0, 0.05) is 6.54 Å². The summed E-state index contributed by atoms with van der Waals surface area (Å²) in [5.41, 5.74) is 0.444. The van der Waals surface area contributed by atoms with E-state index in [-0.39, 0.29) is 10.0 Å². The van der Waals surface area contributed by atoms with Gasteiger partial charge in [0.25, 0.3) is 10.0 Å². The van der Waals surface area contributed by atoms with Crippen molar-refractivity contribution in [3.8, 4) is 0 Å². The molecule has 22 heavy (non-hydrogen) atoms. The third-order valence-electron chi connectivity index (χ3n) is 3.46. The third-order valence-corrected chi connectivity index (χ3v) is 6.74. The zero-order valence-electron chi connectivity index (χ0n) is 11.7. The van der Waals surface area contributed by atoms with E-state index in [0.717, 1.165) is 11.3 Å². The second kappa shape index (κ2) is 5.78. The van der Waals surface area contributed by atoms with Gasteiger partial charge in [-0.2, -0.15) is 4.31 Å². The number of sulfonamides is 1. The fourth-order valence-corrected chi connectivity index (χ4v) is 5.14. The molecule has 0 radical (unpaired) electrons. The Labute approximate surface area is 131 Å². The largest absolute Gasteiger partial charge is 0.305 e. The van der Waals surface area contributed by atoms with Crippen molar-refractivity contribution in [2.45, 2.75) is 30.0 Å². The molecule has 0 bridgehead atoms. The Hall–Kier alpha value is -1.78. The molecule has 10 heteroatoms. The van der Waals surface area contributed by atoms with E-state index in [9.17, 15) is 13.2 Å². The van der Waals surface area contributed by atoms with Gasteiger partial charge in [0.05, 0.1) is 0 Å². The topological polar surface area (TPSA) is 105 Å². The molecule has 8 nitrogen and oxygen atoms in total. The molecule has 0 aromatic carbocycles. The number of nitrogens with zero attached hydrogens (tertiary/aromatic N) is 3. The minimum absolute atomic E-state index is 0.213. The average Bonchev–Trinajstić information content (AvgIpc) is 3.20. The summed E-state index contributed by atoms with van der Waals surface area (Å²) < 4.78 is 31.2. The molecule has 1 atom stereocenters. The molecule has 118 valence electrons. The summed E-state index contributed by atoms with van der Waals surface area (Å²) in [5, 5.41) is 11.4. The lowest BCUT2D eigenvalue weighted by molar-refractivity contribution is -0.119. The summed E-state index contributed by atoms with van der Waals surface area (Å²) in [4.78, 5) is 12.4. The molecule has 2 aromatic rings. The third kappa shape index (κ3) is 2.64. The monoisotopic (exact) mass is 342 g/mol. The standard InChI is InChI=1S/C12H14N4O4S2/c1-8-11(15-20-14-8)13-12(17)9-4-2-6-16(9)22(18,19)10-5-3-7-21-10/h3,5,7,9H,2,4,6H2,1H3,(H,13,15,17)/t9-/m0/s1. The van der Waals surface area contributed by atoms with E-state index in [1.807, 2.05) is 0 Å². The van der Waals surface area contributed by atoms with Gasteiger partial charge in [0.15, 0.2) is 5.82 Å². The van der Waals surface area contributed by atoms with E-state index in [2.05, 4.69) is 20.3 Å². The fourth-order valence-electron chi connectivity index (χ4n) is 2.36. The van der Waals surface area contributed by atoms with Crippen molar-refractivity contribution in [1.29, 1.82) is 0 Å². The van der Waals surface area contributed by atoms with Crippen LogP contribution in [0.3, 0.4) is 0 Å². The molecule has 1 N–H and O–H groups in total. The molecule has 0 aliphatic carbocycles. The second-order valence-electron chi connectivity index (χ2n) is 4.89. The molecule has 0 unspecified atom stereocenters. The zero-order chi connectivity index (χ0) is 15.7. The van der Waals surface area contributed by atoms with Gasteiger partial charge in [-0.15, -0.1) is 11.3 Å². The van der Waals surface area contributed by atoms with Crippen LogP contribution in [0, 0.1) is 6.92 Å². The van der Waals surface area contributed by atoms with Gasteiger partial charge in [-0.3, -0.25) is 4.79 Å². The Bertz CT molecular complexity index is 769. The molecule has 1 aliphatic heterocycles. The summed E-state index contributed by atoms with van der Waals surface area (Å²) in [6, 6.07) is 2.47. The van der Waals surface area contributed by atoms with Gasteiger partial charge >= 0.3 is 0 Å². The maximum Gasteiger partial charge on any atom is 0.253 e. The second-order valence-corrected chi connectivity index (χ2v) is 7.96. The molecule has 2 aromatic heterocycles. The molecule has 3 heterocycles. The van der Waals surface area contributed by atoms with Crippen LogP contribution in [0.2, 0.25) is 0 Å².